The van der Waals surface area contributed by atoms with E-state index < -0.39 is 0 Å². The van der Waals surface area contributed by atoms with Crippen molar-refractivity contribution in [2.45, 2.75) is 25.3 Å². The maximum absolute atomic E-state index is 12.2. The Morgan fingerprint density at radius 2 is 2.08 bits per heavy atom. The number of nitrogens with one attached hydrogen (secondary N) is 2. The fraction of sp³-hybridized carbons (Fsp3) is 0.529. The number of hydrogen-bond donors (Lipinski definition) is 2. The van der Waals surface area contributed by atoms with Crippen molar-refractivity contribution in [2.24, 2.45) is 4.99 Å². The molecule has 0 aromatic heterocycles. The molecule has 7 heteroatoms. The average molecular weight is 462 g/mol. The lowest BCUT2D eigenvalue weighted by atomic mass is 10.2. The Morgan fingerprint density at radius 3 is 2.75 bits per heavy atom. The Kier molecular flexibility index (Phi) is 10.2. The maximum atomic E-state index is 12.2. The third-order valence-corrected chi connectivity index (χ3v) is 4.52. The first-order chi connectivity index (χ1) is 11.2. The third-order valence-electron chi connectivity index (χ3n) is 3.83. The Balaban J connectivity index is 0.00000288. The van der Waals surface area contributed by atoms with Gasteiger partial charge in [0, 0.05) is 32.2 Å². The van der Waals surface area contributed by atoms with E-state index in [0.717, 1.165) is 24.6 Å². The van der Waals surface area contributed by atoms with Crippen LogP contribution in [0.1, 0.15) is 19.3 Å². The summed E-state index contributed by atoms with van der Waals surface area (Å²) >= 11 is 1.87. The van der Waals surface area contributed by atoms with Gasteiger partial charge >= 0.3 is 0 Å². The van der Waals surface area contributed by atoms with Crippen LogP contribution in [-0.2, 0) is 4.79 Å². The minimum Gasteiger partial charge on any atom is -0.356 e. The lowest BCUT2D eigenvalue weighted by Crippen LogP contribution is -2.44. The number of thioether (sulfide) groups is 1. The first-order valence-electron chi connectivity index (χ1n) is 8.06. The first-order valence-corrected chi connectivity index (χ1v) is 9.45. The number of aliphatic imine (C=N–C) groups is 1. The molecule has 1 aromatic carbocycles. The molecule has 1 amide bonds. The van der Waals surface area contributed by atoms with Crippen LogP contribution in [-0.4, -0.2) is 50.1 Å². The Hall–Kier alpha value is -0.960. The normalized spacial score (nSPS) is 17.6. The van der Waals surface area contributed by atoms with Crippen LogP contribution in [0.5, 0.6) is 0 Å². The topological polar surface area (TPSA) is 56.7 Å². The molecule has 24 heavy (non-hydrogen) atoms. The number of anilines is 1. The molecule has 0 aliphatic carbocycles. The van der Waals surface area contributed by atoms with E-state index in [1.54, 1.807) is 7.05 Å². The summed E-state index contributed by atoms with van der Waals surface area (Å²) in [6.07, 6.45) is 4.96. The second-order valence-corrected chi connectivity index (χ2v) is 6.57. The molecule has 1 heterocycles. The second kappa shape index (κ2) is 11.6. The van der Waals surface area contributed by atoms with Crippen molar-refractivity contribution in [3.63, 3.8) is 0 Å². The van der Waals surface area contributed by atoms with Gasteiger partial charge in [0.05, 0.1) is 6.04 Å². The number of guanidine groups is 1. The van der Waals surface area contributed by atoms with Crippen molar-refractivity contribution >= 4 is 53.3 Å². The largest absolute Gasteiger partial charge is 0.356 e. The van der Waals surface area contributed by atoms with E-state index in [9.17, 15) is 4.79 Å². The lowest BCUT2D eigenvalue weighted by Gasteiger charge is -2.19. The molecule has 1 atom stereocenters. The molecule has 5 nitrogen and oxygen atoms in total. The van der Waals surface area contributed by atoms with Crippen LogP contribution in [0.3, 0.4) is 0 Å². The number of carbonyl (C=O) groups is 1. The molecule has 2 rings (SSSR count). The number of amides is 1. The predicted molar refractivity (Wildman–Crippen MR) is 115 cm³/mol. The average Bonchev–Trinajstić information content (AvgIpc) is 2.94. The van der Waals surface area contributed by atoms with E-state index in [2.05, 4.69) is 21.9 Å². The van der Waals surface area contributed by atoms with E-state index in [1.165, 1.54) is 12.2 Å². The summed E-state index contributed by atoms with van der Waals surface area (Å²) in [4.78, 5) is 18.3. The van der Waals surface area contributed by atoms with Crippen molar-refractivity contribution in [2.75, 3.05) is 37.0 Å². The van der Waals surface area contributed by atoms with E-state index in [0.29, 0.717) is 13.0 Å². The number of para-hydroxylation sites is 1. The fourth-order valence-electron chi connectivity index (χ4n) is 2.63. The molecular weight excluding hydrogens is 435 g/mol. The van der Waals surface area contributed by atoms with Gasteiger partial charge in [0.2, 0.25) is 5.91 Å². The molecule has 1 aromatic rings. The zero-order valence-electron chi connectivity index (χ0n) is 14.3. The number of unbranched alkanes of at least 4 members (excludes halogenated alkanes) is 1. The first kappa shape index (κ1) is 21.1. The monoisotopic (exact) mass is 462 g/mol. The van der Waals surface area contributed by atoms with Crippen LogP contribution >= 0.6 is 35.7 Å². The van der Waals surface area contributed by atoms with Gasteiger partial charge in [0.15, 0.2) is 5.96 Å². The maximum Gasteiger partial charge on any atom is 0.229 e. The zero-order chi connectivity index (χ0) is 16.5. The number of nitrogens with zero attached hydrogens (tertiary/aromatic N) is 2. The molecule has 0 spiro atoms. The molecular formula is C17H27IN4OS. The minimum atomic E-state index is 0. The molecule has 1 fully saturated rings. The quantitative estimate of drug-likeness (QED) is 0.283. The summed E-state index contributed by atoms with van der Waals surface area (Å²) in [7, 11) is 1.77. The van der Waals surface area contributed by atoms with E-state index in [-0.39, 0.29) is 35.9 Å². The van der Waals surface area contributed by atoms with Crippen LogP contribution < -0.4 is 15.5 Å². The zero-order valence-corrected chi connectivity index (χ0v) is 17.5. The molecule has 2 N–H and O–H groups in total. The second-order valence-electron chi connectivity index (χ2n) is 5.58. The van der Waals surface area contributed by atoms with Crippen molar-refractivity contribution in [1.82, 2.24) is 10.6 Å². The molecule has 0 bridgehead atoms. The van der Waals surface area contributed by atoms with Crippen molar-refractivity contribution in [3.8, 4) is 0 Å². The van der Waals surface area contributed by atoms with E-state index in [1.807, 2.05) is 47.0 Å². The molecule has 0 saturated carbocycles. The third kappa shape index (κ3) is 6.51. The number of halogens is 1. The van der Waals surface area contributed by atoms with Crippen LogP contribution in [0.25, 0.3) is 0 Å². The Labute approximate surface area is 166 Å². The summed E-state index contributed by atoms with van der Waals surface area (Å²) in [6, 6.07) is 9.91. The lowest BCUT2D eigenvalue weighted by molar-refractivity contribution is -0.117. The summed E-state index contributed by atoms with van der Waals surface area (Å²) in [6.45, 7) is 1.58. The van der Waals surface area contributed by atoms with Gasteiger partial charge in [-0.15, -0.1) is 24.0 Å². The highest BCUT2D eigenvalue weighted by atomic mass is 127. The van der Waals surface area contributed by atoms with E-state index in [4.69, 9.17) is 0 Å². The highest BCUT2D eigenvalue weighted by Gasteiger charge is 2.30. The Bertz CT molecular complexity index is 527. The van der Waals surface area contributed by atoms with Crippen molar-refractivity contribution < 1.29 is 4.79 Å². The van der Waals surface area contributed by atoms with Gasteiger partial charge in [-0.25, -0.2) is 0 Å². The predicted octanol–water partition coefficient (Wildman–Crippen LogP) is 2.72. The van der Waals surface area contributed by atoms with Gasteiger partial charge in [-0.05, 0) is 37.0 Å². The number of benzene rings is 1. The van der Waals surface area contributed by atoms with Crippen LogP contribution in [0.15, 0.2) is 35.3 Å². The minimum absolute atomic E-state index is 0. The molecule has 1 aliphatic heterocycles. The van der Waals surface area contributed by atoms with Gasteiger partial charge in [0.25, 0.3) is 0 Å². The summed E-state index contributed by atoms with van der Waals surface area (Å²) in [5, 5.41) is 6.68. The van der Waals surface area contributed by atoms with Gasteiger partial charge < -0.3 is 15.5 Å². The Morgan fingerprint density at radius 1 is 1.33 bits per heavy atom. The summed E-state index contributed by atoms with van der Waals surface area (Å²) in [5.74, 6) is 2.13. The van der Waals surface area contributed by atoms with Crippen LogP contribution in [0, 0.1) is 0 Å². The van der Waals surface area contributed by atoms with Crippen molar-refractivity contribution in [3.05, 3.63) is 30.3 Å². The smallest absolute Gasteiger partial charge is 0.229 e. The van der Waals surface area contributed by atoms with Gasteiger partial charge in [-0.2, -0.15) is 11.8 Å². The summed E-state index contributed by atoms with van der Waals surface area (Å²) in [5.41, 5.74) is 0.960. The molecule has 1 saturated heterocycles. The van der Waals surface area contributed by atoms with Crippen molar-refractivity contribution in [1.29, 1.82) is 0 Å². The fourth-order valence-corrected chi connectivity index (χ4v) is 3.12. The van der Waals surface area contributed by atoms with Gasteiger partial charge in [-0.3, -0.25) is 9.79 Å². The van der Waals surface area contributed by atoms with Gasteiger partial charge in [0.1, 0.15) is 0 Å². The number of carbonyl (C=O) groups excluding carboxylic acids is 1. The van der Waals surface area contributed by atoms with Crippen LogP contribution in [0.2, 0.25) is 0 Å². The SMILES string of the molecule is CN=C(NCCCCSC)NC1CC(=O)N(c2ccccc2)C1.I. The highest BCUT2D eigenvalue weighted by Crippen LogP contribution is 2.20. The standard InChI is InChI=1S/C17H26N4OS.HI/c1-18-17(19-10-6-7-11-23-2)20-14-12-16(22)21(13-14)15-8-4-3-5-9-15;/h3-5,8-9,14H,6-7,10-13H2,1-2H3,(H2,18,19,20);1H. The molecule has 1 aliphatic rings. The molecule has 0 radical (unpaired) electrons. The molecule has 134 valence electrons. The summed E-state index contributed by atoms with van der Waals surface area (Å²) < 4.78 is 0. The van der Waals surface area contributed by atoms with E-state index >= 15 is 0 Å². The highest BCUT2D eigenvalue weighted by molar-refractivity contribution is 14.0. The molecule has 1 unspecified atom stereocenters. The number of hydrogen-bond acceptors (Lipinski definition) is 3. The van der Waals surface area contributed by atoms with Crippen LogP contribution in [0.4, 0.5) is 5.69 Å². The number of rotatable bonds is 7. The van der Waals surface area contributed by atoms with Gasteiger partial charge in [-0.1, -0.05) is 18.2 Å².